The van der Waals surface area contributed by atoms with E-state index in [0.717, 1.165) is 0 Å². The molecule has 3 amide bonds. The maximum Gasteiger partial charge on any atom is 0.324 e. The van der Waals surface area contributed by atoms with Crippen molar-refractivity contribution in [1.29, 1.82) is 0 Å². The Kier molecular flexibility index (Phi) is 4.11. The van der Waals surface area contributed by atoms with Crippen LogP contribution in [0.2, 0.25) is 0 Å². The molecule has 4 N–H and O–H groups in total. The third-order valence-electron chi connectivity index (χ3n) is 2.70. The zero-order chi connectivity index (χ0) is 13.2. The van der Waals surface area contributed by atoms with E-state index < -0.39 is 17.6 Å². The summed E-state index contributed by atoms with van der Waals surface area (Å²) in [6, 6.07) is -1.30. The molecule has 1 saturated heterocycles. The molecule has 1 fully saturated rings. The van der Waals surface area contributed by atoms with Crippen molar-refractivity contribution in [3.63, 3.8) is 0 Å². The van der Waals surface area contributed by atoms with E-state index in [2.05, 4.69) is 10.6 Å². The quantitative estimate of drug-likeness (QED) is 0.617. The first kappa shape index (κ1) is 13.9. The van der Waals surface area contributed by atoms with E-state index in [4.69, 9.17) is 5.73 Å². The highest BCUT2D eigenvalue weighted by molar-refractivity contribution is 5.99. The molecule has 1 aliphatic heterocycles. The predicted octanol–water partition coefficient (Wildman–Crippen LogP) is -0.358. The lowest BCUT2D eigenvalue weighted by molar-refractivity contribution is -0.133. The van der Waals surface area contributed by atoms with E-state index >= 15 is 0 Å². The number of likely N-dealkylation sites (N-methyl/N-ethyl adjacent to an activating group) is 1. The van der Waals surface area contributed by atoms with Gasteiger partial charge in [-0.15, -0.1) is 0 Å². The molecule has 0 saturated carbocycles. The molecule has 0 aliphatic carbocycles. The molecule has 98 valence electrons. The Bertz CT molecular complexity index is 311. The van der Waals surface area contributed by atoms with E-state index in [1.807, 2.05) is 27.7 Å². The van der Waals surface area contributed by atoms with E-state index in [-0.39, 0.29) is 11.9 Å². The minimum absolute atomic E-state index is 0.262. The van der Waals surface area contributed by atoms with Gasteiger partial charge in [0.25, 0.3) is 0 Å². The number of hydrogen-bond acceptors (Lipinski definition) is 4. The van der Waals surface area contributed by atoms with Crippen LogP contribution < -0.4 is 16.4 Å². The zero-order valence-electron chi connectivity index (χ0n) is 10.9. The summed E-state index contributed by atoms with van der Waals surface area (Å²) < 4.78 is 0. The number of rotatable bonds is 2. The number of nitrogens with two attached hydrogens (primary N) is 1. The van der Waals surface area contributed by atoms with Gasteiger partial charge in [-0.1, -0.05) is 6.92 Å². The Morgan fingerprint density at radius 1 is 1.47 bits per heavy atom. The number of nitrogens with one attached hydrogen (secondary N) is 2. The van der Waals surface area contributed by atoms with E-state index in [1.165, 1.54) is 4.90 Å². The molecule has 0 aromatic rings. The summed E-state index contributed by atoms with van der Waals surface area (Å²) in [5, 5.41) is 5.71. The van der Waals surface area contributed by atoms with Crippen LogP contribution in [0, 0.1) is 0 Å². The lowest BCUT2D eigenvalue weighted by Gasteiger charge is -2.34. The average Bonchev–Trinajstić information content (AvgIpc) is 2.29. The number of urea groups is 1. The van der Waals surface area contributed by atoms with Gasteiger partial charge in [0.05, 0.1) is 0 Å². The molecule has 1 rings (SSSR count). The van der Waals surface area contributed by atoms with Crippen molar-refractivity contribution in [2.45, 2.75) is 45.3 Å². The molecule has 1 aliphatic rings. The molecule has 0 radical (unpaired) electrons. The summed E-state index contributed by atoms with van der Waals surface area (Å²) in [5.41, 5.74) is 5.34. The maximum absolute atomic E-state index is 12.3. The van der Waals surface area contributed by atoms with Crippen molar-refractivity contribution in [2.24, 2.45) is 5.73 Å². The minimum Gasteiger partial charge on any atom is -0.336 e. The Balaban J connectivity index is 3.03. The second kappa shape index (κ2) is 5.01. The molecule has 6 heteroatoms. The van der Waals surface area contributed by atoms with Gasteiger partial charge in [0.1, 0.15) is 6.04 Å². The van der Waals surface area contributed by atoms with E-state index in [9.17, 15) is 9.59 Å². The molecule has 0 spiro atoms. The van der Waals surface area contributed by atoms with Crippen molar-refractivity contribution < 1.29 is 9.59 Å². The molecule has 0 bridgehead atoms. The van der Waals surface area contributed by atoms with Gasteiger partial charge in [0.15, 0.2) is 0 Å². The van der Waals surface area contributed by atoms with Crippen molar-refractivity contribution in [3.8, 4) is 0 Å². The Labute approximate surface area is 102 Å². The van der Waals surface area contributed by atoms with Crippen LogP contribution >= 0.6 is 0 Å². The Morgan fingerprint density at radius 2 is 2.06 bits per heavy atom. The third-order valence-corrected chi connectivity index (χ3v) is 2.70. The van der Waals surface area contributed by atoms with Crippen LogP contribution in [0.1, 0.15) is 27.7 Å². The molecule has 1 heterocycles. The fraction of sp³-hybridized carbons (Fsp3) is 0.818. The smallest absolute Gasteiger partial charge is 0.324 e. The number of nitrogens with zero attached hydrogens (tertiary/aromatic N) is 1. The monoisotopic (exact) mass is 242 g/mol. The predicted molar refractivity (Wildman–Crippen MR) is 65.4 cm³/mol. The molecule has 17 heavy (non-hydrogen) atoms. The van der Waals surface area contributed by atoms with E-state index in [1.54, 1.807) is 0 Å². The largest absolute Gasteiger partial charge is 0.336 e. The topological polar surface area (TPSA) is 87.5 Å². The van der Waals surface area contributed by atoms with E-state index in [0.29, 0.717) is 13.1 Å². The second-order valence-corrected chi connectivity index (χ2v) is 5.23. The summed E-state index contributed by atoms with van der Waals surface area (Å²) in [4.78, 5) is 25.4. The normalized spacial score (nSPS) is 26.8. The SMILES string of the molecule is CCNC1C(=O)N(C(C)(C)C)C(=O)NCC1N. The lowest BCUT2D eigenvalue weighted by Crippen LogP contribution is -2.59. The lowest BCUT2D eigenvalue weighted by atomic mass is 10.0. The second-order valence-electron chi connectivity index (χ2n) is 5.23. The van der Waals surface area contributed by atoms with Crippen LogP contribution in [0.4, 0.5) is 4.79 Å². The molecule has 0 aromatic heterocycles. The molecule has 2 atom stereocenters. The highest BCUT2D eigenvalue weighted by Crippen LogP contribution is 2.17. The molecule has 0 aromatic carbocycles. The highest BCUT2D eigenvalue weighted by atomic mass is 16.2. The van der Waals surface area contributed by atoms with Crippen LogP contribution in [-0.4, -0.2) is 47.6 Å². The molecular weight excluding hydrogens is 220 g/mol. The summed E-state index contributed by atoms with van der Waals surface area (Å²) in [5.74, 6) is -0.262. The number of carbonyl (C=O) groups excluding carboxylic acids is 2. The first-order chi connectivity index (χ1) is 7.79. The van der Waals surface area contributed by atoms with Crippen molar-refractivity contribution >= 4 is 11.9 Å². The average molecular weight is 242 g/mol. The van der Waals surface area contributed by atoms with Gasteiger partial charge in [0, 0.05) is 18.1 Å². The van der Waals surface area contributed by atoms with Gasteiger partial charge in [0.2, 0.25) is 5.91 Å². The van der Waals surface area contributed by atoms with Crippen LogP contribution in [0.25, 0.3) is 0 Å². The van der Waals surface area contributed by atoms with Gasteiger partial charge >= 0.3 is 6.03 Å². The summed E-state index contributed by atoms with van der Waals surface area (Å²) in [6.07, 6.45) is 0. The summed E-state index contributed by atoms with van der Waals surface area (Å²) >= 11 is 0. The Hall–Kier alpha value is -1.14. The van der Waals surface area contributed by atoms with Crippen molar-refractivity contribution in [1.82, 2.24) is 15.5 Å². The summed E-state index contributed by atoms with van der Waals surface area (Å²) in [7, 11) is 0. The van der Waals surface area contributed by atoms with Gasteiger partial charge in [-0.3, -0.25) is 9.69 Å². The number of imide groups is 1. The first-order valence-electron chi connectivity index (χ1n) is 5.90. The standard InChI is InChI=1S/C11H22N4O2/c1-5-13-8-7(12)6-14-10(17)15(9(8)16)11(2,3)4/h7-8,13H,5-6,12H2,1-4H3,(H,14,17). The Morgan fingerprint density at radius 3 is 2.53 bits per heavy atom. The molecular formula is C11H22N4O2. The van der Waals surface area contributed by atoms with Crippen LogP contribution in [0.15, 0.2) is 0 Å². The number of hydrogen-bond donors (Lipinski definition) is 3. The van der Waals surface area contributed by atoms with Crippen LogP contribution in [-0.2, 0) is 4.79 Å². The maximum atomic E-state index is 12.3. The van der Waals surface area contributed by atoms with Gasteiger partial charge < -0.3 is 16.4 Å². The van der Waals surface area contributed by atoms with Gasteiger partial charge in [-0.25, -0.2) is 4.79 Å². The van der Waals surface area contributed by atoms with Gasteiger partial charge in [-0.05, 0) is 27.3 Å². The van der Waals surface area contributed by atoms with Crippen LogP contribution in [0.5, 0.6) is 0 Å². The minimum atomic E-state index is -0.557. The molecule has 2 unspecified atom stereocenters. The fourth-order valence-electron chi connectivity index (χ4n) is 1.92. The van der Waals surface area contributed by atoms with Gasteiger partial charge in [-0.2, -0.15) is 0 Å². The van der Waals surface area contributed by atoms with Crippen molar-refractivity contribution in [3.05, 3.63) is 0 Å². The number of amides is 3. The highest BCUT2D eigenvalue weighted by Gasteiger charge is 2.41. The van der Waals surface area contributed by atoms with Crippen molar-refractivity contribution in [2.75, 3.05) is 13.1 Å². The third kappa shape index (κ3) is 2.95. The van der Waals surface area contributed by atoms with Crippen LogP contribution in [0.3, 0.4) is 0 Å². The number of carbonyl (C=O) groups is 2. The zero-order valence-corrected chi connectivity index (χ0v) is 10.9. The first-order valence-corrected chi connectivity index (χ1v) is 5.90. The summed E-state index contributed by atoms with van der Waals surface area (Å²) in [6.45, 7) is 8.31. The molecule has 6 nitrogen and oxygen atoms in total. The fourth-order valence-corrected chi connectivity index (χ4v) is 1.92.